The Kier molecular flexibility index (Phi) is 6.20. The Morgan fingerprint density at radius 2 is 1.68 bits per heavy atom. The van der Waals surface area contributed by atoms with Crippen LogP contribution in [0.5, 0.6) is 0 Å². The van der Waals surface area contributed by atoms with Crippen LogP contribution in [0.3, 0.4) is 0 Å². The number of carbonyl (C=O) groups excluding carboxylic acids is 1. The molecule has 25 heavy (non-hydrogen) atoms. The van der Waals surface area contributed by atoms with Gasteiger partial charge in [-0.05, 0) is 37.1 Å². The Balaban J connectivity index is 2.06. The van der Waals surface area contributed by atoms with Gasteiger partial charge in [-0.15, -0.1) is 0 Å². The van der Waals surface area contributed by atoms with Crippen molar-refractivity contribution in [2.24, 2.45) is 5.14 Å². The average Bonchev–Trinajstić information content (AvgIpc) is 2.52. The molecule has 0 aliphatic heterocycles. The molecule has 1 aliphatic rings. The lowest BCUT2D eigenvalue weighted by Crippen LogP contribution is -2.45. The predicted octanol–water partition coefficient (Wildman–Crippen LogP) is 0.867. The molecule has 0 radical (unpaired) electrons. The number of hydrogen-bond donors (Lipinski definition) is 2. The maximum absolute atomic E-state index is 12.2. The van der Waals surface area contributed by atoms with Gasteiger partial charge in [0.05, 0.1) is 17.7 Å². The molecule has 2 rings (SSSR count). The average molecular weight is 389 g/mol. The van der Waals surface area contributed by atoms with Crippen LogP contribution in [0.2, 0.25) is 0 Å². The summed E-state index contributed by atoms with van der Waals surface area (Å²) in [4.78, 5) is 12.2. The normalized spacial score (nSPS) is 16.8. The molecule has 0 bridgehead atoms. The Morgan fingerprint density at radius 1 is 1.12 bits per heavy atom. The van der Waals surface area contributed by atoms with Crippen molar-refractivity contribution in [3.63, 3.8) is 0 Å². The van der Waals surface area contributed by atoms with Gasteiger partial charge < -0.3 is 5.32 Å². The van der Waals surface area contributed by atoms with Gasteiger partial charge in [0.25, 0.3) is 0 Å². The highest BCUT2D eigenvalue weighted by molar-refractivity contribution is 7.89. The lowest BCUT2D eigenvalue weighted by atomic mass is 9.95. The van der Waals surface area contributed by atoms with E-state index in [1.807, 2.05) is 0 Å². The van der Waals surface area contributed by atoms with Crippen LogP contribution in [0, 0.1) is 0 Å². The van der Waals surface area contributed by atoms with Crippen LogP contribution in [0.25, 0.3) is 0 Å². The zero-order valence-electron chi connectivity index (χ0n) is 14.0. The lowest BCUT2D eigenvalue weighted by molar-refractivity contribution is -0.116. The summed E-state index contributed by atoms with van der Waals surface area (Å²) in [7, 11) is -7.30. The van der Waals surface area contributed by atoms with Gasteiger partial charge in [-0.25, -0.2) is 22.0 Å². The summed E-state index contributed by atoms with van der Waals surface area (Å²) in [5.41, 5.74) is 0.370. The molecule has 0 unspecified atom stereocenters. The Hall–Kier alpha value is -1.49. The number of benzene rings is 1. The Morgan fingerprint density at radius 3 is 2.16 bits per heavy atom. The predicted molar refractivity (Wildman–Crippen MR) is 94.9 cm³/mol. The van der Waals surface area contributed by atoms with E-state index in [0.717, 1.165) is 38.4 Å². The van der Waals surface area contributed by atoms with Crippen LogP contribution in [0.4, 0.5) is 5.69 Å². The van der Waals surface area contributed by atoms with Crippen molar-refractivity contribution in [2.75, 3.05) is 18.1 Å². The molecule has 0 atom stereocenters. The monoisotopic (exact) mass is 389 g/mol. The molecule has 1 saturated carbocycles. The second-order valence-corrected chi connectivity index (χ2v) is 9.71. The van der Waals surface area contributed by atoms with Crippen molar-refractivity contribution in [2.45, 2.75) is 43.0 Å². The topological polar surface area (TPSA) is 127 Å². The SMILES string of the molecule is CS(=O)(=O)N(CC(=O)Nc1ccc(S(N)(=O)=O)cc1)C1CCCCC1. The first-order chi connectivity index (χ1) is 11.6. The minimum Gasteiger partial charge on any atom is -0.325 e. The molecule has 10 heteroatoms. The number of nitrogens with zero attached hydrogens (tertiary/aromatic N) is 1. The summed E-state index contributed by atoms with van der Waals surface area (Å²) in [6.07, 6.45) is 5.60. The van der Waals surface area contributed by atoms with Gasteiger partial charge in [0.2, 0.25) is 26.0 Å². The Labute approximate surface area is 148 Å². The van der Waals surface area contributed by atoms with Gasteiger partial charge >= 0.3 is 0 Å². The second-order valence-electron chi connectivity index (χ2n) is 6.22. The number of hydrogen-bond acceptors (Lipinski definition) is 5. The Bertz CT molecular complexity index is 813. The molecule has 3 N–H and O–H groups in total. The molecule has 0 aromatic heterocycles. The maximum Gasteiger partial charge on any atom is 0.239 e. The molecule has 140 valence electrons. The fourth-order valence-electron chi connectivity index (χ4n) is 2.96. The quantitative estimate of drug-likeness (QED) is 0.746. The third kappa shape index (κ3) is 5.77. The highest BCUT2D eigenvalue weighted by Gasteiger charge is 2.29. The van der Waals surface area contributed by atoms with E-state index in [9.17, 15) is 21.6 Å². The number of amides is 1. The van der Waals surface area contributed by atoms with Gasteiger partial charge in [0, 0.05) is 11.7 Å². The van der Waals surface area contributed by atoms with E-state index < -0.39 is 26.0 Å². The van der Waals surface area contributed by atoms with E-state index in [0.29, 0.717) is 5.69 Å². The molecular weight excluding hydrogens is 366 g/mol. The van der Waals surface area contributed by atoms with Crippen LogP contribution in [0.15, 0.2) is 29.2 Å². The van der Waals surface area contributed by atoms with Gasteiger partial charge in [-0.1, -0.05) is 19.3 Å². The summed E-state index contributed by atoms with van der Waals surface area (Å²) >= 11 is 0. The van der Waals surface area contributed by atoms with Crippen LogP contribution < -0.4 is 10.5 Å². The van der Waals surface area contributed by atoms with Crippen molar-refractivity contribution in [1.29, 1.82) is 0 Å². The molecule has 1 aromatic carbocycles. The summed E-state index contributed by atoms with van der Waals surface area (Å²) in [6, 6.07) is 5.21. The van der Waals surface area contributed by atoms with Crippen LogP contribution >= 0.6 is 0 Å². The number of nitrogens with two attached hydrogens (primary N) is 1. The van der Waals surface area contributed by atoms with E-state index in [-0.39, 0.29) is 17.5 Å². The number of nitrogens with one attached hydrogen (secondary N) is 1. The summed E-state index contributed by atoms with van der Waals surface area (Å²) in [5.74, 6) is -0.473. The van der Waals surface area contributed by atoms with Crippen molar-refractivity contribution < 1.29 is 21.6 Å². The number of anilines is 1. The first-order valence-electron chi connectivity index (χ1n) is 7.97. The highest BCUT2D eigenvalue weighted by atomic mass is 32.2. The summed E-state index contributed by atoms with van der Waals surface area (Å²) in [6.45, 7) is -0.263. The van der Waals surface area contributed by atoms with E-state index in [4.69, 9.17) is 5.14 Å². The van der Waals surface area contributed by atoms with Crippen LogP contribution in [-0.4, -0.2) is 45.9 Å². The molecule has 1 aliphatic carbocycles. The first kappa shape index (κ1) is 19.8. The zero-order valence-corrected chi connectivity index (χ0v) is 15.6. The smallest absolute Gasteiger partial charge is 0.239 e. The van der Waals surface area contributed by atoms with Crippen molar-refractivity contribution in [1.82, 2.24) is 4.31 Å². The minimum absolute atomic E-state index is 0.0644. The zero-order chi connectivity index (χ0) is 18.7. The van der Waals surface area contributed by atoms with E-state index in [2.05, 4.69) is 5.32 Å². The van der Waals surface area contributed by atoms with Crippen molar-refractivity contribution in [3.8, 4) is 0 Å². The molecule has 1 fully saturated rings. The fourth-order valence-corrected chi connectivity index (χ4v) is 4.58. The first-order valence-corrected chi connectivity index (χ1v) is 11.4. The van der Waals surface area contributed by atoms with E-state index in [1.165, 1.54) is 28.6 Å². The lowest BCUT2D eigenvalue weighted by Gasteiger charge is -2.31. The second kappa shape index (κ2) is 7.81. The van der Waals surface area contributed by atoms with E-state index in [1.54, 1.807) is 0 Å². The van der Waals surface area contributed by atoms with Crippen LogP contribution in [-0.2, 0) is 24.8 Å². The summed E-state index contributed by atoms with van der Waals surface area (Å²) < 4.78 is 47.8. The minimum atomic E-state index is -3.80. The molecule has 0 spiro atoms. The third-order valence-electron chi connectivity index (χ3n) is 4.17. The van der Waals surface area contributed by atoms with Crippen molar-refractivity contribution >= 4 is 31.6 Å². The van der Waals surface area contributed by atoms with Gasteiger partial charge in [-0.3, -0.25) is 4.79 Å². The number of primary sulfonamides is 1. The molecular formula is C15H23N3O5S2. The van der Waals surface area contributed by atoms with Crippen molar-refractivity contribution in [3.05, 3.63) is 24.3 Å². The molecule has 0 heterocycles. The molecule has 1 amide bonds. The highest BCUT2D eigenvalue weighted by Crippen LogP contribution is 2.24. The molecule has 0 saturated heterocycles. The van der Waals surface area contributed by atoms with Gasteiger partial charge in [-0.2, -0.15) is 4.31 Å². The van der Waals surface area contributed by atoms with E-state index >= 15 is 0 Å². The standard InChI is InChI=1S/C15H23N3O5S2/c1-24(20,21)18(13-5-3-2-4-6-13)11-15(19)17-12-7-9-14(10-8-12)25(16,22)23/h7-10,13H,2-6,11H2,1H3,(H,17,19)(H2,16,22,23). The summed E-state index contributed by atoms with van der Waals surface area (Å²) in [5, 5.41) is 7.60. The number of sulfonamides is 2. The maximum atomic E-state index is 12.2. The number of carbonyl (C=O) groups is 1. The van der Waals surface area contributed by atoms with Crippen LogP contribution in [0.1, 0.15) is 32.1 Å². The number of rotatable bonds is 6. The molecule has 1 aromatic rings. The largest absolute Gasteiger partial charge is 0.325 e. The fraction of sp³-hybridized carbons (Fsp3) is 0.533. The van der Waals surface area contributed by atoms with Gasteiger partial charge in [0.15, 0.2) is 0 Å². The van der Waals surface area contributed by atoms with Gasteiger partial charge in [0.1, 0.15) is 0 Å². The third-order valence-corrected chi connectivity index (χ3v) is 6.38. The molecule has 8 nitrogen and oxygen atoms in total.